The van der Waals surface area contributed by atoms with Gasteiger partial charge in [0.05, 0.1) is 10.6 Å². The molecule has 1 aliphatic carbocycles. The van der Waals surface area contributed by atoms with Crippen LogP contribution in [-0.2, 0) is 19.6 Å². The Bertz CT molecular complexity index is 1220. The van der Waals surface area contributed by atoms with E-state index in [9.17, 15) is 26.4 Å². The van der Waals surface area contributed by atoms with Crippen molar-refractivity contribution < 1.29 is 31.1 Å². The molecule has 0 saturated heterocycles. The predicted molar refractivity (Wildman–Crippen MR) is 147 cm³/mol. The van der Waals surface area contributed by atoms with Crippen LogP contribution in [0.25, 0.3) is 0 Å². The SMILES string of the molecule is COC1(C(=O)NS(=O)(=O)c2cc(F)c(F)c(N[C@H](CCN(C)C)CSc3ccc(F)cc3)c2)CCCCCC1. The first-order valence-electron chi connectivity index (χ1n) is 12.9. The van der Waals surface area contributed by atoms with Gasteiger partial charge in [-0.15, -0.1) is 11.8 Å². The van der Waals surface area contributed by atoms with Gasteiger partial charge in [0, 0.05) is 23.8 Å². The summed E-state index contributed by atoms with van der Waals surface area (Å²) in [7, 11) is 0.596. The Morgan fingerprint density at radius 1 is 1.08 bits per heavy atom. The van der Waals surface area contributed by atoms with Gasteiger partial charge in [0.1, 0.15) is 11.4 Å². The number of ether oxygens (including phenoxy) is 1. The van der Waals surface area contributed by atoms with Crippen LogP contribution in [0.2, 0.25) is 0 Å². The zero-order valence-electron chi connectivity index (χ0n) is 22.4. The summed E-state index contributed by atoms with van der Waals surface area (Å²) in [6.45, 7) is 0.624. The van der Waals surface area contributed by atoms with Gasteiger partial charge in [-0.2, -0.15) is 0 Å². The first-order valence-corrected chi connectivity index (χ1v) is 15.3. The van der Waals surface area contributed by atoms with Crippen LogP contribution in [0, 0.1) is 17.5 Å². The monoisotopic (exact) mass is 587 g/mol. The molecule has 0 aromatic heterocycles. The van der Waals surface area contributed by atoms with E-state index in [-0.39, 0.29) is 17.5 Å². The molecular formula is C27H36F3N3O4S2. The van der Waals surface area contributed by atoms with Gasteiger partial charge in [-0.1, -0.05) is 25.7 Å². The number of carbonyl (C=O) groups is 1. The lowest BCUT2D eigenvalue weighted by Crippen LogP contribution is -2.49. The molecule has 1 saturated carbocycles. The third-order valence-electron chi connectivity index (χ3n) is 6.80. The van der Waals surface area contributed by atoms with Crippen molar-refractivity contribution in [3.63, 3.8) is 0 Å². The van der Waals surface area contributed by atoms with E-state index in [4.69, 9.17) is 4.74 Å². The van der Waals surface area contributed by atoms with E-state index in [0.29, 0.717) is 50.5 Å². The minimum Gasteiger partial charge on any atom is -0.379 e. The maximum absolute atomic E-state index is 14.9. The van der Waals surface area contributed by atoms with Gasteiger partial charge in [0.15, 0.2) is 11.6 Å². The molecule has 2 aromatic carbocycles. The summed E-state index contributed by atoms with van der Waals surface area (Å²) in [4.78, 5) is 15.2. The van der Waals surface area contributed by atoms with Crippen molar-refractivity contribution in [2.75, 3.05) is 38.8 Å². The predicted octanol–water partition coefficient (Wildman–Crippen LogP) is 5.17. The number of hydrogen-bond donors (Lipinski definition) is 2. The average Bonchev–Trinajstić information content (AvgIpc) is 3.15. The maximum atomic E-state index is 14.9. The highest BCUT2D eigenvalue weighted by atomic mass is 32.2. The molecule has 7 nitrogen and oxygen atoms in total. The van der Waals surface area contributed by atoms with E-state index in [0.717, 1.165) is 23.8 Å². The van der Waals surface area contributed by atoms with Crippen molar-refractivity contribution >= 4 is 33.4 Å². The number of carbonyl (C=O) groups excluding carboxylic acids is 1. The molecule has 0 aliphatic heterocycles. The average molecular weight is 588 g/mol. The second kappa shape index (κ2) is 13.9. The van der Waals surface area contributed by atoms with Crippen LogP contribution in [0.3, 0.4) is 0 Å². The Hall–Kier alpha value is -2.28. The van der Waals surface area contributed by atoms with Crippen molar-refractivity contribution in [1.82, 2.24) is 9.62 Å². The lowest BCUT2D eigenvalue weighted by molar-refractivity contribution is -0.143. The van der Waals surface area contributed by atoms with E-state index in [1.165, 1.54) is 31.0 Å². The minimum absolute atomic E-state index is 0.331. The van der Waals surface area contributed by atoms with Gasteiger partial charge in [0.2, 0.25) is 0 Å². The number of methoxy groups -OCH3 is 1. The van der Waals surface area contributed by atoms with Crippen LogP contribution in [-0.4, -0.2) is 64.4 Å². The van der Waals surface area contributed by atoms with Gasteiger partial charge < -0.3 is 15.0 Å². The molecule has 0 heterocycles. The van der Waals surface area contributed by atoms with E-state index in [1.54, 1.807) is 12.1 Å². The second-order valence-corrected chi connectivity index (χ2v) is 12.8. The summed E-state index contributed by atoms with van der Waals surface area (Å²) in [5, 5.41) is 2.94. The molecule has 1 atom stereocenters. The van der Waals surface area contributed by atoms with Gasteiger partial charge >= 0.3 is 0 Å². The summed E-state index contributed by atoms with van der Waals surface area (Å²) in [6, 6.07) is 7.10. The first-order chi connectivity index (χ1) is 18.5. The van der Waals surface area contributed by atoms with Crippen LogP contribution in [0.4, 0.5) is 18.9 Å². The molecule has 0 unspecified atom stereocenters. The van der Waals surface area contributed by atoms with E-state index in [1.807, 2.05) is 23.7 Å². The zero-order chi connectivity index (χ0) is 28.6. The molecule has 0 bridgehead atoms. The highest BCUT2D eigenvalue weighted by Gasteiger charge is 2.41. The Labute approximate surface area is 232 Å². The van der Waals surface area contributed by atoms with Crippen molar-refractivity contribution in [3.8, 4) is 0 Å². The van der Waals surface area contributed by atoms with Gasteiger partial charge in [-0.05, 0) is 76.3 Å². The lowest BCUT2D eigenvalue weighted by Gasteiger charge is -2.29. The lowest BCUT2D eigenvalue weighted by atomic mass is 9.93. The second-order valence-electron chi connectivity index (χ2n) is 10.0. The molecule has 1 amide bonds. The Kier molecular flexibility index (Phi) is 11.1. The molecule has 0 spiro atoms. The molecule has 2 aromatic rings. The normalized spacial score (nSPS) is 16.5. The summed E-state index contributed by atoms with van der Waals surface area (Å²) in [6.07, 6.45) is 4.53. The number of sulfonamides is 1. The van der Waals surface area contributed by atoms with Crippen molar-refractivity contribution in [2.45, 2.75) is 66.4 Å². The van der Waals surface area contributed by atoms with Crippen LogP contribution in [0.1, 0.15) is 44.9 Å². The quantitative estimate of drug-likeness (QED) is 0.262. The highest BCUT2D eigenvalue weighted by Crippen LogP contribution is 2.31. The fourth-order valence-corrected chi connectivity index (χ4v) is 6.53. The van der Waals surface area contributed by atoms with Crippen molar-refractivity contribution in [2.24, 2.45) is 0 Å². The molecular weight excluding hydrogens is 551 g/mol. The number of nitrogens with one attached hydrogen (secondary N) is 2. The summed E-state index contributed by atoms with van der Waals surface area (Å²) >= 11 is 1.40. The molecule has 216 valence electrons. The number of halogens is 3. The summed E-state index contributed by atoms with van der Waals surface area (Å²) < 4.78 is 76.5. The molecule has 1 aliphatic rings. The molecule has 39 heavy (non-hydrogen) atoms. The molecule has 2 N–H and O–H groups in total. The topological polar surface area (TPSA) is 87.7 Å². The number of nitrogens with zero attached hydrogens (tertiary/aromatic N) is 1. The van der Waals surface area contributed by atoms with Crippen LogP contribution in [0.5, 0.6) is 0 Å². The van der Waals surface area contributed by atoms with Crippen LogP contribution < -0.4 is 10.0 Å². The standard InChI is InChI=1S/C27H36F3N3O4S2/c1-33(2)15-12-20(18-38-21-10-8-19(28)9-11-21)31-24-17-22(16-23(29)25(24)30)39(35,36)32-26(34)27(37-3)13-6-4-5-7-14-27/h8-11,16-17,20,31H,4-7,12-15,18H2,1-3H3,(H,32,34)/t20-/m1/s1. The zero-order valence-corrected chi connectivity index (χ0v) is 24.1. The first kappa shape index (κ1) is 31.3. The Morgan fingerprint density at radius 2 is 1.72 bits per heavy atom. The maximum Gasteiger partial charge on any atom is 0.265 e. The van der Waals surface area contributed by atoms with Crippen molar-refractivity contribution in [1.29, 1.82) is 0 Å². The van der Waals surface area contributed by atoms with Crippen LogP contribution in [0.15, 0.2) is 46.2 Å². The minimum atomic E-state index is -4.53. The smallest absolute Gasteiger partial charge is 0.265 e. The number of hydrogen-bond acceptors (Lipinski definition) is 7. The largest absolute Gasteiger partial charge is 0.379 e. The van der Waals surface area contributed by atoms with Gasteiger partial charge in [0.25, 0.3) is 15.9 Å². The van der Waals surface area contributed by atoms with Gasteiger partial charge in [-0.3, -0.25) is 4.79 Å². The number of thioether (sulfide) groups is 1. The van der Waals surface area contributed by atoms with E-state index >= 15 is 0 Å². The molecule has 1 fully saturated rings. The Morgan fingerprint density at radius 3 is 2.31 bits per heavy atom. The van der Waals surface area contributed by atoms with Gasteiger partial charge in [-0.25, -0.2) is 26.3 Å². The molecule has 0 radical (unpaired) electrons. The van der Waals surface area contributed by atoms with Crippen molar-refractivity contribution in [3.05, 3.63) is 53.8 Å². The fourth-order valence-electron chi connectivity index (χ4n) is 4.48. The summed E-state index contributed by atoms with van der Waals surface area (Å²) in [5.74, 6) is -3.34. The summed E-state index contributed by atoms with van der Waals surface area (Å²) in [5.41, 5.74) is -1.62. The molecule has 3 rings (SSSR count). The number of amides is 1. The van der Waals surface area contributed by atoms with E-state index in [2.05, 4.69) is 5.32 Å². The third kappa shape index (κ3) is 8.60. The number of benzene rings is 2. The van der Waals surface area contributed by atoms with Crippen LogP contribution >= 0.6 is 11.8 Å². The fraction of sp³-hybridized carbons (Fsp3) is 0.519. The third-order valence-corrected chi connectivity index (χ3v) is 9.29. The van der Waals surface area contributed by atoms with E-state index < -0.39 is 38.1 Å². The number of anilines is 1. The highest BCUT2D eigenvalue weighted by molar-refractivity contribution is 7.99. The molecule has 12 heteroatoms. The Balaban J connectivity index is 1.82. The number of rotatable bonds is 12.